The number of ether oxygens (including phenoxy) is 3. The second kappa shape index (κ2) is 8.87. The van der Waals surface area contributed by atoms with E-state index in [0.29, 0.717) is 18.6 Å². The third kappa shape index (κ3) is 5.35. The van der Waals surface area contributed by atoms with E-state index in [1.807, 2.05) is 43.3 Å². The Bertz CT molecular complexity index is 704. The van der Waals surface area contributed by atoms with Crippen molar-refractivity contribution >= 4 is 11.9 Å². The van der Waals surface area contributed by atoms with Gasteiger partial charge >= 0.3 is 11.9 Å². The smallest absolute Gasteiger partial charge is 0.337 e. The first-order chi connectivity index (χ1) is 12.0. The topological polar surface area (TPSA) is 61.8 Å². The highest BCUT2D eigenvalue weighted by atomic mass is 16.5. The van der Waals surface area contributed by atoms with E-state index in [1.54, 1.807) is 12.1 Å². The molecule has 0 fully saturated rings. The van der Waals surface area contributed by atoms with Crippen LogP contribution in [0.25, 0.3) is 0 Å². The minimum absolute atomic E-state index is 0.176. The Morgan fingerprint density at radius 3 is 2.04 bits per heavy atom. The lowest BCUT2D eigenvalue weighted by atomic mass is 10.0. The molecule has 5 heteroatoms. The Hall–Kier alpha value is -2.82. The number of hydrogen-bond donors (Lipinski definition) is 0. The summed E-state index contributed by atoms with van der Waals surface area (Å²) in [5.74, 6) is -0.00317. The maximum atomic E-state index is 11.5. The van der Waals surface area contributed by atoms with E-state index in [-0.39, 0.29) is 17.9 Å². The van der Waals surface area contributed by atoms with E-state index < -0.39 is 0 Å². The Kier molecular flexibility index (Phi) is 6.57. The molecule has 0 radical (unpaired) electrons. The molecule has 1 unspecified atom stereocenters. The molecule has 0 saturated carbocycles. The van der Waals surface area contributed by atoms with E-state index in [0.717, 1.165) is 16.9 Å². The van der Waals surface area contributed by atoms with Gasteiger partial charge in [0.05, 0.1) is 25.7 Å². The lowest BCUT2D eigenvalue weighted by molar-refractivity contribution is -0.144. The zero-order valence-corrected chi connectivity index (χ0v) is 14.7. The van der Waals surface area contributed by atoms with Gasteiger partial charge in [0.25, 0.3) is 0 Å². The summed E-state index contributed by atoms with van der Waals surface area (Å²) in [6.45, 7) is 2.24. The first-order valence-corrected chi connectivity index (χ1v) is 8.00. The number of hydrogen-bond acceptors (Lipinski definition) is 5. The molecule has 0 aliphatic rings. The third-order valence-electron chi connectivity index (χ3n) is 3.85. The van der Waals surface area contributed by atoms with Gasteiger partial charge < -0.3 is 14.2 Å². The molecule has 0 aliphatic heterocycles. The SMILES string of the molecule is COC(=O)c1ccc(COc2ccc(CC(C)C(=O)OC)cc2)cc1. The van der Waals surface area contributed by atoms with Gasteiger partial charge in [-0.1, -0.05) is 31.2 Å². The second-order valence-corrected chi connectivity index (χ2v) is 5.75. The average Bonchev–Trinajstić information content (AvgIpc) is 2.66. The van der Waals surface area contributed by atoms with Crippen molar-refractivity contribution in [1.29, 1.82) is 0 Å². The highest BCUT2D eigenvalue weighted by Gasteiger charge is 2.13. The largest absolute Gasteiger partial charge is 0.489 e. The van der Waals surface area contributed by atoms with Gasteiger partial charge in [-0.2, -0.15) is 0 Å². The molecule has 0 bridgehead atoms. The molecule has 0 heterocycles. The fourth-order valence-corrected chi connectivity index (χ4v) is 2.38. The summed E-state index contributed by atoms with van der Waals surface area (Å²) >= 11 is 0. The fraction of sp³-hybridized carbons (Fsp3) is 0.300. The Balaban J connectivity index is 1.89. The van der Waals surface area contributed by atoms with Crippen molar-refractivity contribution in [1.82, 2.24) is 0 Å². The number of carbonyl (C=O) groups excluding carboxylic acids is 2. The van der Waals surface area contributed by atoms with Crippen molar-refractivity contribution in [2.24, 2.45) is 5.92 Å². The van der Waals surface area contributed by atoms with Gasteiger partial charge in [0.15, 0.2) is 0 Å². The van der Waals surface area contributed by atoms with Gasteiger partial charge in [-0.25, -0.2) is 4.79 Å². The molecule has 2 aromatic rings. The van der Waals surface area contributed by atoms with Gasteiger partial charge in [-0.3, -0.25) is 4.79 Å². The zero-order valence-electron chi connectivity index (χ0n) is 14.7. The zero-order chi connectivity index (χ0) is 18.2. The summed E-state index contributed by atoms with van der Waals surface area (Å²) in [6, 6.07) is 14.7. The summed E-state index contributed by atoms with van der Waals surface area (Å²) in [7, 11) is 2.75. The van der Waals surface area contributed by atoms with Crippen LogP contribution in [0.2, 0.25) is 0 Å². The van der Waals surface area contributed by atoms with Crippen LogP contribution < -0.4 is 4.74 Å². The van der Waals surface area contributed by atoms with Crippen LogP contribution in [-0.4, -0.2) is 26.2 Å². The van der Waals surface area contributed by atoms with Crippen molar-refractivity contribution in [3.8, 4) is 5.75 Å². The van der Waals surface area contributed by atoms with E-state index in [9.17, 15) is 9.59 Å². The minimum atomic E-state index is -0.357. The van der Waals surface area contributed by atoms with Crippen LogP contribution in [0.4, 0.5) is 0 Å². The van der Waals surface area contributed by atoms with E-state index >= 15 is 0 Å². The molecule has 0 amide bonds. The summed E-state index contributed by atoms with van der Waals surface area (Å²) in [4.78, 5) is 22.8. The van der Waals surface area contributed by atoms with Crippen LogP contribution in [0, 0.1) is 5.92 Å². The number of methoxy groups -OCH3 is 2. The molecule has 0 N–H and O–H groups in total. The predicted octanol–water partition coefficient (Wildman–Crippen LogP) is 3.40. The van der Waals surface area contributed by atoms with Gasteiger partial charge in [0.1, 0.15) is 12.4 Å². The summed E-state index contributed by atoms with van der Waals surface area (Å²) in [6.07, 6.45) is 0.627. The monoisotopic (exact) mass is 342 g/mol. The molecular weight excluding hydrogens is 320 g/mol. The quantitative estimate of drug-likeness (QED) is 0.722. The molecular formula is C20H22O5. The van der Waals surface area contributed by atoms with Crippen molar-refractivity contribution in [2.45, 2.75) is 20.0 Å². The van der Waals surface area contributed by atoms with Gasteiger partial charge in [-0.05, 0) is 41.8 Å². The van der Waals surface area contributed by atoms with Crippen LogP contribution in [0.3, 0.4) is 0 Å². The van der Waals surface area contributed by atoms with Crippen LogP contribution in [0.1, 0.15) is 28.4 Å². The Morgan fingerprint density at radius 2 is 1.48 bits per heavy atom. The third-order valence-corrected chi connectivity index (χ3v) is 3.85. The van der Waals surface area contributed by atoms with Crippen molar-refractivity contribution in [2.75, 3.05) is 14.2 Å². The van der Waals surface area contributed by atoms with Crippen LogP contribution >= 0.6 is 0 Å². The van der Waals surface area contributed by atoms with Crippen LogP contribution in [-0.2, 0) is 27.3 Å². The van der Waals surface area contributed by atoms with Gasteiger partial charge in [0.2, 0.25) is 0 Å². The summed E-state index contributed by atoms with van der Waals surface area (Å²) in [5, 5.41) is 0. The molecule has 25 heavy (non-hydrogen) atoms. The summed E-state index contributed by atoms with van der Waals surface area (Å²) in [5.41, 5.74) is 2.51. The van der Waals surface area contributed by atoms with Crippen molar-refractivity contribution in [3.63, 3.8) is 0 Å². The number of rotatable bonds is 7. The number of esters is 2. The Labute approximate surface area is 147 Å². The minimum Gasteiger partial charge on any atom is -0.489 e. The molecule has 0 aliphatic carbocycles. The molecule has 132 valence electrons. The molecule has 0 aromatic heterocycles. The normalized spacial score (nSPS) is 11.5. The molecule has 0 spiro atoms. The van der Waals surface area contributed by atoms with Crippen molar-refractivity contribution in [3.05, 3.63) is 65.2 Å². The van der Waals surface area contributed by atoms with E-state index in [2.05, 4.69) is 4.74 Å². The first-order valence-electron chi connectivity index (χ1n) is 8.00. The van der Waals surface area contributed by atoms with Gasteiger partial charge in [0, 0.05) is 0 Å². The lowest BCUT2D eigenvalue weighted by Gasteiger charge is -2.10. The average molecular weight is 342 g/mol. The lowest BCUT2D eigenvalue weighted by Crippen LogP contribution is -2.15. The maximum absolute atomic E-state index is 11.5. The highest BCUT2D eigenvalue weighted by molar-refractivity contribution is 5.89. The standard InChI is InChI=1S/C20H22O5/c1-14(19(21)23-2)12-15-6-10-18(11-7-15)25-13-16-4-8-17(9-5-16)20(22)24-3/h4-11,14H,12-13H2,1-3H3. The Morgan fingerprint density at radius 1 is 0.880 bits per heavy atom. The van der Waals surface area contributed by atoms with Crippen LogP contribution in [0.5, 0.6) is 5.75 Å². The maximum Gasteiger partial charge on any atom is 0.337 e. The van der Waals surface area contributed by atoms with Crippen molar-refractivity contribution < 1.29 is 23.8 Å². The molecule has 2 rings (SSSR count). The number of benzene rings is 2. The first kappa shape index (κ1) is 18.5. The van der Waals surface area contributed by atoms with Gasteiger partial charge in [-0.15, -0.1) is 0 Å². The molecule has 0 saturated heterocycles. The van der Waals surface area contributed by atoms with E-state index in [4.69, 9.17) is 9.47 Å². The second-order valence-electron chi connectivity index (χ2n) is 5.75. The predicted molar refractivity (Wildman–Crippen MR) is 93.4 cm³/mol. The fourth-order valence-electron chi connectivity index (χ4n) is 2.38. The molecule has 5 nitrogen and oxygen atoms in total. The molecule has 1 atom stereocenters. The highest BCUT2D eigenvalue weighted by Crippen LogP contribution is 2.17. The van der Waals surface area contributed by atoms with E-state index in [1.165, 1.54) is 14.2 Å². The van der Waals surface area contributed by atoms with Crippen LogP contribution in [0.15, 0.2) is 48.5 Å². The molecule has 2 aromatic carbocycles. The number of carbonyl (C=O) groups is 2. The summed E-state index contributed by atoms with van der Waals surface area (Å²) < 4.78 is 15.1.